The number of carbonyl (C=O) groups is 1. The van der Waals surface area contributed by atoms with E-state index < -0.39 is 22.0 Å². The average molecular weight is 379 g/mol. The second-order valence-corrected chi connectivity index (χ2v) is 8.08. The summed E-state index contributed by atoms with van der Waals surface area (Å²) in [6, 6.07) is -1.05. The predicted octanol–water partition coefficient (Wildman–Crippen LogP) is 2.01. The fraction of sp³-hybridized carbons (Fsp3) is 0.444. The summed E-state index contributed by atoms with van der Waals surface area (Å²) in [5, 5.41) is 0. The van der Waals surface area contributed by atoms with Crippen LogP contribution in [0.25, 0.3) is 0 Å². The minimum atomic E-state index is -3.93. The first-order chi connectivity index (χ1) is 12.1. The molecule has 1 heterocycles. The summed E-state index contributed by atoms with van der Waals surface area (Å²) in [7, 11) is -2.70. The molecule has 1 unspecified atom stereocenters. The van der Waals surface area contributed by atoms with Crippen LogP contribution in [-0.4, -0.2) is 37.5 Å². The van der Waals surface area contributed by atoms with Crippen molar-refractivity contribution >= 4 is 16.0 Å². The smallest absolute Gasteiger partial charge is 0.324 e. The number of nitrogens with one attached hydrogen (secondary N) is 2. The van der Waals surface area contributed by atoms with E-state index in [1.54, 1.807) is 20.0 Å². The van der Waals surface area contributed by atoms with Gasteiger partial charge in [0, 0.05) is 18.3 Å². The molecule has 8 heteroatoms. The van der Waals surface area contributed by atoms with E-state index in [-0.39, 0.29) is 11.3 Å². The number of nitrogens with zero attached hydrogens (tertiary/aromatic N) is 1. The zero-order valence-corrected chi connectivity index (χ0v) is 16.7. The summed E-state index contributed by atoms with van der Waals surface area (Å²) in [6.07, 6.45) is 3.13. The van der Waals surface area contributed by atoms with Crippen LogP contribution in [0, 0.1) is 34.6 Å². The summed E-state index contributed by atoms with van der Waals surface area (Å²) in [6.45, 7) is 9.35. The summed E-state index contributed by atoms with van der Waals surface area (Å²) in [4.78, 5) is 19.1. The van der Waals surface area contributed by atoms with Gasteiger partial charge in [-0.2, -0.15) is 4.72 Å². The molecule has 0 saturated heterocycles. The van der Waals surface area contributed by atoms with Gasteiger partial charge in [0.25, 0.3) is 0 Å². The Bertz CT molecular complexity index is 889. The van der Waals surface area contributed by atoms with E-state index in [0.717, 1.165) is 16.7 Å². The molecular weight excluding hydrogens is 354 g/mol. The van der Waals surface area contributed by atoms with Crippen LogP contribution in [-0.2, 0) is 26.0 Å². The lowest BCUT2D eigenvalue weighted by molar-refractivity contribution is -0.142. The molecule has 0 aliphatic carbocycles. The molecule has 0 amide bonds. The standard InChI is InChI=1S/C18H25N3O4S/c1-10-11(2)13(4)17(14(5)12(10)3)26(23,24)21-16(18(22)25-6)7-15-8-19-9-20-15/h8-9,16,21H,7H2,1-6H3,(H,19,20). The third kappa shape index (κ3) is 3.81. The van der Waals surface area contributed by atoms with Crippen LogP contribution >= 0.6 is 0 Å². The lowest BCUT2D eigenvalue weighted by atomic mass is 9.95. The molecule has 1 aromatic heterocycles. The Hall–Kier alpha value is -2.19. The molecule has 2 rings (SSSR count). The van der Waals surface area contributed by atoms with Crippen molar-refractivity contribution in [1.82, 2.24) is 14.7 Å². The van der Waals surface area contributed by atoms with Crippen LogP contribution in [0.1, 0.15) is 33.5 Å². The molecule has 0 spiro atoms. The maximum absolute atomic E-state index is 13.1. The number of imidazole rings is 1. The number of benzene rings is 1. The van der Waals surface area contributed by atoms with Crippen molar-refractivity contribution in [3.8, 4) is 0 Å². The number of methoxy groups -OCH3 is 1. The third-order valence-electron chi connectivity index (χ3n) is 4.96. The van der Waals surface area contributed by atoms with Crippen molar-refractivity contribution in [3.63, 3.8) is 0 Å². The van der Waals surface area contributed by atoms with Crippen molar-refractivity contribution in [2.45, 2.75) is 52.0 Å². The van der Waals surface area contributed by atoms with Crippen LogP contribution < -0.4 is 4.72 Å². The average Bonchev–Trinajstić information content (AvgIpc) is 3.09. The lowest BCUT2D eigenvalue weighted by Crippen LogP contribution is -2.43. The highest BCUT2D eigenvalue weighted by molar-refractivity contribution is 7.89. The van der Waals surface area contributed by atoms with Gasteiger partial charge >= 0.3 is 5.97 Å². The maximum atomic E-state index is 13.1. The van der Waals surface area contributed by atoms with Gasteiger partial charge in [0.15, 0.2) is 0 Å². The van der Waals surface area contributed by atoms with Gasteiger partial charge in [-0.1, -0.05) is 0 Å². The minimum Gasteiger partial charge on any atom is -0.468 e. The van der Waals surface area contributed by atoms with E-state index in [4.69, 9.17) is 4.74 Å². The Balaban J connectivity index is 2.47. The molecule has 1 atom stereocenters. The maximum Gasteiger partial charge on any atom is 0.324 e. The molecule has 0 radical (unpaired) electrons. The number of hydrogen-bond acceptors (Lipinski definition) is 5. The third-order valence-corrected chi connectivity index (χ3v) is 6.71. The van der Waals surface area contributed by atoms with Crippen LogP contribution in [0.15, 0.2) is 17.4 Å². The normalized spacial score (nSPS) is 12.8. The number of aromatic nitrogens is 2. The molecule has 0 aliphatic rings. The molecule has 142 valence electrons. The van der Waals surface area contributed by atoms with Crippen molar-refractivity contribution < 1.29 is 17.9 Å². The summed E-state index contributed by atoms with van der Waals surface area (Å²) >= 11 is 0. The topological polar surface area (TPSA) is 101 Å². The molecule has 0 bridgehead atoms. The summed E-state index contributed by atoms with van der Waals surface area (Å²) in [5.74, 6) is -0.654. The molecule has 0 saturated carbocycles. The highest BCUT2D eigenvalue weighted by Gasteiger charge is 2.30. The first kappa shape index (κ1) is 20.1. The van der Waals surface area contributed by atoms with Gasteiger partial charge < -0.3 is 9.72 Å². The number of aromatic amines is 1. The largest absolute Gasteiger partial charge is 0.468 e. The fourth-order valence-corrected chi connectivity index (χ4v) is 4.83. The van der Waals surface area contributed by atoms with E-state index >= 15 is 0 Å². The Kier molecular flexibility index (Phi) is 5.87. The summed E-state index contributed by atoms with van der Waals surface area (Å²) in [5.41, 5.74) is 4.92. The van der Waals surface area contributed by atoms with Crippen LogP contribution in [0.4, 0.5) is 0 Å². The molecule has 0 fully saturated rings. The van der Waals surface area contributed by atoms with Crippen LogP contribution in [0.2, 0.25) is 0 Å². The van der Waals surface area contributed by atoms with E-state index in [0.29, 0.717) is 16.8 Å². The van der Waals surface area contributed by atoms with E-state index in [9.17, 15) is 13.2 Å². The Morgan fingerprint density at radius 2 is 1.65 bits per heavy atom. The van der Waals surface area contributed by atoms with Gasteiger partial charge in [0.1, 0.15) is 6.04 Å². The van der Waals surface area contributed by atoms with Gasteiger partial charge in [0.2, 0.25) is 10.0 Å². The number of H-pyrrole nitrogens is 1. The van der Waals surface area contributed by atoms with Gasteiger partial charge in [-0.05, 0) is 62.4 Å². The molecular formula is C18H25N3O4S. The van der Waals surface area contributed by atoms with E-state index in [1.165, 1.54) is 13.4 Å². The Morgan fingerprint density at radius 1 is 1.12 bits per heavy atom. The van der Waals surface area contributed by atoms with Crippen LogP contribution in [0.3, 0.4) is 0 Å². The number of hydrogen-bond donors (Lipinski definition) is 2. The molecule has 1 aromatic carbocycles. The fourth-order valence-electron chi connectivity index (χ4n) is 3.05. The number of carbonyl (C=O) groups excluding carboxylic acids is 1. The predicted molar refractivity (Wildman–Crippen MR) is 98.5 cm³/mol. The second-order valence-electron chi connectivity index (χ2n) is 6.43. The van der Waals surface area contributed by atoms with Crippen molar-refractivity contribution in [3.05, 3.63) is 46.0 Å². The Labute approximate surface area is 154 Å². The highest BCUT2D eigenvalue weighted by Crippen LogP contribution is 2.29. The van der Waals surface area contributed by atoms with Gasteiger partial charge in [0.05, 0.1) is 18.3 Å². The van der Waals surface area contributed by atoms with Gasteiger partial charge in [-0.3, -0.25) is 4.79 Å². The SMILES string of the molecule is COC(=O)C(Cc1cnc[nH]1)NS(=O)(=O)c1c(C)c(C)c(C)c(C)c1C. The second kappa shape index (κ2) is 7.59. The quantitative estimate of drug-likeness (QED) is 0.748. The van der Waals surface area contributed by atoms with E-state index in [1.807, 2.05) is 20.8 Å². The zero-order valence-electron chi connectivity index (χ0n) is 15.9. The number of rotatable bonds is 6. The molecule has 2 N–H and O–H groups in total. The highest BCUT2D eigenvalue weighted by atomic mass is 32.2. The van der Waals surface area contributed by atoms with E-state index in [2.05, 4.69) is 14.7 Å². The van der Waals surface area contributed by atoms with Crippen molar-refractivity contribution in [2.75, 3.05) is 7.11 Å². The minimum absolute atomic E-state index is 0.119. The lowest BCUT2D eigenvalue weighted by Gasteiger charge is -2.21. The van der Waals surface area contributed by atoms with Gasteiger partial charge in [-0.15, -0.1) is 0 Å². The number of ether oxygens (including phenoxy) is 1. The number of esters is 1. The first-order valence-electron chi connectivity index (χ1n) is 8.24. The van der Waals surface area contributed by atoms with Gasteiger partial charge in [-0.25, -0.2) is 13.4 Å². The Morgan fingerprint density at radius 3 is 2.12 bits per heavy atom. The summed E-state index contributed by atoms with van der Waals surface area (Å²) < 4.78 is 33.5. The van der Waals surface area contributed by atoms with Crippen molar-refractivity contribution in [2.24, 2.45) is 0 Å². The monoisotopic (exact) mass is 379 g/mol. The van der Waals surface area contributed by atoms with Crippen molar-refractivity contribution in [1.29, 1.82) is 0 Å². The first-order valence-corrected chi connectivity index (χ1v) is 9.72. The van der Waals surface area contributed by atoms with Crippen LogP contribution in [0.5, 0.6) is 0 Å². The molecule has 7 nitrogen and oxygen atoms in total. The molecule has 2 aromatic rings. The molecule has 0 aliphatic heterocycles. The zero-order chi connectivity index (χ0) is 19.6. The number of sulfonamides is 1. The molecule has 26 heavy (non-hydrogen) atoms.